The van der Waals surface area contributed by atoms with Gasteiger partial charge in [-0.05, 0) is 25.5 Å². The molecule has 0 heterocycles. The van der Waals surface area contributed by atoms with Gasteiger partial charge in [-0.25, -0.2) is 0 Å². The van der Waals surface area contributed by atoms with Crippen molar-refractivity contribution >= 4 is 23.2 Å². The van der Waals surface area contributed by atoms with Crippen LogP contribution in [-0.4, -0.2) is 7.11 Å². The molecule has 0 saturated heterocycles. The summed E-state index contributed by atoms with van der Waals surface area (Å²) in [5, 5.41) is 10.1. The highest BCUT2D eigenvalue weighted by Crippen LogP contribution is 2.61. The lowest BCUT2D eigenvalue weighted by Crippen LogP contribution is -1.97. The van der Waals surface area contributed by atoms with Crippen LogP contribution in [0.15, 0.2) is 12.1 Å². The minimum Gasteiger partial charge on any atom is -0.495 e. The Morgan fingerprint density at radius 2 is 2.19 bits per heavy atom. The Morgan fingerprint density at radius 1 is 1.50 bits per heavy atom. The van der Waals surface area contributed by atoms with Crippen LogP contribution in [0.3, 0.4) is 0 Å². The first kappa shape index (κ1) is 11.6. The van der Waals surface area contributed by atoms with E-state index in [9.17, 15) is 0 Å². The van der Waals surface area contributed by atoms with E-state index in [1.807, 2.05) is 13.0 Å². The summed E-state index contributed by atoms with van der Waals surface area (Å²) in [5.41, 5.74) is 0.630. The summed E-state index contributed by atoms with van der Waals surface area (Å²) in [6, 6.07) is 5.80. The van der Waals surface area contributed by atoms with Crippen LogP contribution in [0.5, 0.6) is 5.75 Å². The molecule has 2 nitrogen and oxygen atoms in total. The SMILES string of the molecule is COc1c(Cl)cc(Cl)cc1C1CC1(C)C#N. The molecule has 0 N–H and O–H groups in total. The summed E-state index contributed by atoms with van der Waals surface area (Å²) in [6.07, 6.45) is 0.830. The monoisotopic (exact) mass is 255 g/mol. The quantitative estimate of drug-likeness (QED) is 0.800. The van der Waals surface area contributed by atoms with Crippen LogP contribution in [0.2, 0.25) is 10.0 Å². The lowest BCUT2D eigenvalue weighted by atomic mass is 10.0. The fourth-order valence-corrected chi connectivity index (χ4v) is 2.58. The van der Waals surface area contributed by atoms with Gasteiger partial charge in [-0.3, -0.25) is 0 Å². The molecule has 84 valence electrons. The van der Waals surface area contributed by atoms with E-state index in [0.29, 0.717) is 15.8 Å². The van der Waals surface area contributed by atoms with Crippen LogP contribution in [0.1, 0.15) is 24.8 Å². The number of benzene rings is 1. The normalized spacial score (nSPS) is 27.3. The molecule has 1 aromatic carbocycles. The lowest BCUT2D eigenvalue weighted by molar-refractivity contribution is 0.409. The van der Waals surface area contributed by atoms with Gasteiger partial charge in [-0.1, -0.05) is 23.2 Å². The van der Waals surface area contributed by atoms with E-state index in [2.05, 4.69) is 6.07 Å². The first-order chi connectivity index (χ1) is 7.51. The Balaban J connectivity index is 2.46. The zero-order chi connectivity index (χ0) is 11.9. The second-order valence-corrected chi connectivity index (χ2v) is 5.14. The molecule has 1 aliphatic rings. The number of nitriles is 1. The number of methoxy groups -OCH3 is 1. The van der Waals surface area contributed by atoms with Crippen LogP contribution in [0.4, 0.5) is 0 Å². The zero-order valence-electron chi connectivity index (χ0n) is 9.05. The van der Waals surface area contributed by atoms with Gasteiger partial charge in [-0.15, -0.1) is 0 Å². The lowest BCUT2D eigenvalue weighted by Gasteiger charge is -2.11. The van der Waals surface area contributed by atoms with Crippen molar-refractivity contribution in [2.24, 2.45) is 5.41 Å². The molecule has 0 aromatic heterocycles. The predicted octanol–water partition coefficient (Wildman–Crippen LogP) is 4.02. The Labute approximate surface area is 105 Å². The van der Waals surface area contributed by atoms with Crippen LogP contribution in [0, 0.1) is 16.7 Å². The van der Waals surface area contributed by atoms with E-state index in [4.69, 9.17) is 33.2 Å². The molecule has 16 heavy (non-hydrogen) atoms. The number of hydrogen-bond acceptors (Lipinski definition) is 2. The van der Waals surface area contributed by atoms with Crippen LogP contribution < -0.4 is 4.74 Å². The Kier molecular flexibility index (Phi) is 2.77. The van der Waals surface area contributed by atoms with Gasteiger partial charge in [0.15, 0.2) is 0 Å². The topological polar surface area (TPSA) is 33.0 Å². The molecule has 0 radical (unpaired) electrons. The molecular formula is C12H11Cl2NO. The molecule has 4 heteroatoms. The minimum absolute atomic E-state index is 0.170. The number of hydrogen-bond donors (Lipinski definition) is 0. The largest absolute Gasteiger partial charge is 0.495 e. The highest BCUT2D eigenvalue weighted by atomic mass is 35.5. The molecule has 1 aromatic rings. The van der Waals surface area contributed by atoms with E-state index in [1.165, 1.54) is 0 Å². The van der Waals surface area contributed by atoms with Crippen LogP contribution >= 0.6 is 23.2 Å². The molecule has 0 bridgehead atoms. The number of nitrogens with zero attached hydrogens (tertiary/aromatic N) is 1. The highest BCUT2D eigenvalue weighted by molar-refractivity contribution is 6.35. The van der Waals surface area contributed by atoms with Crippen molar-refractivity contribution in [3.63, 3.8) is 0 Å². The predicted molar refractivity (Wildman–Crippen MR) is 64.1 cm³/mol. The second kappa shape index (κ2) is 3.84. The van der Waals surface area contributed by atoms with Crippen molar-refractivity contribution in [3.05, 3.63) is 27.7 Å². The Bertz CT molecular complexity index is 481. The number of halogens is 2. The van der Waals surface area contributed by atoms with E-state index in [1.54, 1.807) is 13.2 Å². The van der Waals surface area contributed by atoms with Gasteiger partial charge in [-0.2, -0.15) is 5.26 Å². The van der Waals surface area contributed by atoms with Crippen LogP contribution in [-0.2, 0) is 0 Å². The van der Waals surface area contributed by atoms with E-state index >= 15 is 0 Å². The Morgan fingerprint density at radius 3 is 2.69 bits per heavy atom. The van der Waals surface area contributed by atoms with E-state index < -0.39 is 0 Å². The molecule has 2 atom stereocenters. The van der Waals surface area contributed by atoms with Gasteiger partial charge in [0.05, 0.1) is 23.6 Å². The Hall–Kier alpha value is -0.910. The molecule has 2 unspecified atom stereocenters. The van der Waals surface area contributed by atoms with Crippen molar-refractivity contribution < 1.29 is 4.74 Å². The van der Waals surface area contributed by atoms with Gasteiger partial charge in [0.2, 0.25) is 0 Å². The molecule has 0 amide bonds. The first-order valence-electron chi connectivity index (χ1n) is 4.96. The van der Waals surface area contributed by atoms with Gasteiger partial charge in [0.1, 0.15) is 5.75 Å². The maximum atomic E-state index is 9.04. The van der Waals surface area contributed by atoms with Crippen molar-refractivity contribution in [3.8, 4) is 11.8 Å². The van der Waals surface area contributed by atoms with Crippen LogP contribution in [0.25, 0.3) is 0 Å². The maximum Gasteiger partial charge on any atom is 0.141 e. The maximum absolute atomic E-state index is 9.04. The molecular weight excluding hydrogens is 245 g/mol. The average Bonchev–Trinajstić information content (AvgIpc) is 2.91. The molecule has 0 aliphatic heterocycles. The van der Waals surface area contributed by atoms with Crippen molar-refractivity contribution in [2.45, 2.75) is 19.3 Å². The van der Waals surface area contributed by atoms with Gasteiger partial charge in [0, 0.05) is 16.5 Å². The summed E-state index contributed by atoms with van der Waals surface area (Å²) in [6.45, 7) is 1.94. The summed E-state index contributed by atoms with van der Waals surface area (Å²) < 4.78 is 5.27. The summed E-state index contributed by atoms with van der Waals surface area (Å²) >= 11 is 12.0. The fourth-order valence-electron chi connectivity index (χ4n) is 2.00. The smallest absolute Gasteiger partial charge is 0.141 e. The average molecular weight is 256 g/mol. The first-order valence-corrected chi connectivity index (χ1v) is 5.71. The van der Waals surface area contributed by atoms with E-state index in [0.717, 1.165) is 12.0 Å². The van der Waals surface area contributed by atoms with Gasteiger partial charge >= 0.3 is 0 Å². The molecule has 1 saturated carbocycles. The summed E-state index contributed by atoms with van der Waals surface area (Å²) in [4.78, 5) is 0. The molecule has 1 fully saturated rings. The molecule has 1 aliphatic carbocycles. The third-order valence-corrected chi connectivity index (χ3v) is 3.61. The second-order valence-electron chi connectivity index (χ2n) is 4.30. The number of rotatable bonds is 2. The molecule has 0 spiro atoms. The summed E-state index contributed by atoms with van der Waals surface area (Å²) in [7, 11) is 1.57. The standard InChI is InChI=1S/C12H11Cl2NO/c1-12(6-15)5-9(12)8-3-7(13)4-10(14)11(8)16-2/h3-4,9H,5H2,1-2H3. The summed E-state index contributed by atoms with van der Waals surface area (Å²) in [5.74, 6) is 0.804. The van der Waals surface area contributed by atoms with Crippen molar-refractivity contribution in [1.29, 1.82) is 5.26 Å². The minimum atomic E-state index is -0.304. The van der Waals surface area contributed by atoms with E-state index in [-0.39, 0.29) is 11.3 Å². The highest BCUT2D eigenvalue weighted by Gasteiger charge is 2.52. The fraction of sp³-hybridized carbons (Fsp3) is 0.417. The van der Waals surface area contributed by atoms with Crippen molar-refractivity contribution in [2.75, 3.05) is 7.11 Å². The zero-order valence-corrected chi connectivity index (χ0v) is 10.6. The third-order valence-electron chi connectivity index (χ3n) is 3.11. The molecule has 2 rings (SSSR count). The van der Waals surface area contributed by atoms with Gasteiger partial charge in [0.25, 0.3) is 0 Å². The van der Waals surface area contributed by atoms with Crippen molar-refractivity contribution in [1.82, 2.24) is 0 Å². The number of ether oxygens (including phenoxy) is 1. The third kappa shape index (κ3) is 1.75. The van der Waals surface area contributed by atoms with Gasteiger partial charge < -0.3 is 4.74 Å².